The number of aromatic amines is 1. The molecule has 0 unspecified atom stereocenters. The van der Waals surface area contributed by atoms with Crippen molar-refractivity contribution >= 4 is 27.7 Å². The van der Waals surface area contributed by atoms with Crippen LogP contribution in [-0.2, 0) is 4.74 Å². The summed E-state index contributed by atoms with van der Waals surface area (Å²) in [6.07, 6.45) is 0. The van der Waals surface area contributed by atoms with E-state index in [1.54, 1.807) is 24.3 Å². The molecule has 5 heteroatoms. The van der Waals surface area contributed by atoms with Gasteiger partial charge in [-0.15, -0.1) is 11.3 Å². The molecule has 0 radical (unpaired) electrons. The van der Waals surface area contributed by atoms with E-state index in [0.29, 0.717) is 12.3 Å². The molecular weight excluding hydrogens is 200 g/mol. The zero-order valence-corrected chi connectivity index (χ0v) is 8.77. The number of carbonyl (C=O) groups is 1. The number of nitrogens with one attached hydrogen (secondary N) is 1. The Morgan fingerprint density at radius 3 is 3.14 bits per heavy atom. The number of thiazole rings is 1. The fraction of sp³-hybridized carbons (Fsp3) is 0.333. The minimum Gasteiger partial charge on any atom is -0.461 e. The molecule has 0 aliphatic carbocycles. The van der Waals surface area contributed by atoms with Crippen molar-refractivity contribution in [1.82, 2.24) is 9.97 Å². The molecule has 0 aromatic carbocycles. The van der Waals surface area contributed by atoms with Gasteiger partial charge >= 0.3 is 5.97 Å². The second-order valence-electron chi connectivity index (χ2n) is 2.85. The number of hydrogen-bond acceptors (Lipinski definition) is 4. The third kappa shape index (κ3) is 1.50. The van der Waals surface area contributed by atoms with Gasteiger partial charge in [-0.2, -0.15) is 0 Å². The van der Waals surface area contributed by atoms with Crippen molar-refractivity contribution in [2.45, 2.75) is 13.8 Å². The number of ether oxygens (including phenoxy) is 1. The van der Waals surface area contributed by atoms with Crippen LogP contribution in [0.2, 0.25) is 0 Å². The molecule has 14 heavy (non-hydrogen) atoms. The smallest absolute Gasteiger partial charge is 0.354 e. The molecule has 0 saturated heterocycles. The molecule has 1 N–H and O–H groups in total. The van der Waals surface area contributed by atoms with Crippen LogP contribution in [0.4, 0.5) is 0 Å². The van der Waals surface area contributed by atoms with E-state index in [1.165, 1.54) is 0 Å². The highest BCUT2D eigenvalue weighted by Gasteiger charge is 2.12. The van der Waals surface area contributed by atoms with Crippen molar-refractivity contribution in [2.24, 2.45) is 0 Å². The van der Waals surface area contributed by atoms with Gasteiger partial charge in [0, 0.05) is 0 Å². The molecule has 2 aromatic heterocycles. The molecule has 74 valence electrons. The van der Waals surface area contributed by atoms with Crippen LogP contribution in [0.1, 0.15) is 22.4 Å². The number of fused-ring (bicyclic) bond motifs is 1. The van der Waals surface area contributed by atoms with Crippen LogP contribution in [0.25, 0.3) is 10.3 Å². The monoisotopic (exact) mass is 210 g/mol. The molecule has 0 amide bonds. The summed E-state index contributed by atoms with van der Waals surface area (Å²) in [5.41, 5.74) is 1.23. The lowest BCUT2D eigenvalue weighted by Crippen LogP contribution is -2.04. The zero-order chi connectivity index (χ0) is 10.1. The molecule has 0 atom stereocenters. The molecule has 2 heterocycles. The molecule has 0 fully saturated rings. The van der Waals surface area contributed by atoms with E-state index in [1.807, 2.05) is 6.92 Å². The van der Waals surface area contributed by atoms with Crippen LogP contribution in [0.5, 0.6) is 0 Å². The Morgan fingerprint density at radius 2 is 2.50 bits per heavy atom. The highest BCUT2D eigenvalue weighted by atomic mass is 32.1. The Kier molecular flexibility index (Phi) is 2.25. The third-order valence-electron chi connectivity index (χ3n) is 1.78. The van der Waals surface area contributed by atoms with Gasteiger partial charge in [-0.1, -0.05) is 0 Å². The molecule has 0 saturated carbocycles. The fourth-order valence-electron chi connectivity index (χ4n) is 1.24. The van der Waals surface area contributed by atoms with E-state index < -0.39 is 0 Å². The number of carbonyl (C=O) groups excluding carboxylic acids is 1. The van der Waals surface area contributed by atoms with E-state index in [-0.39, 0.29) is 5.97 Å². The third-order valence-corrected chi connectivity index (χ3v) is 2.70. The van der Waals surface area contributed by atoms with Crippen molar-refractivity contribution in [3.8, 4) is 0 Å². The summed E-state index contributed by atoms with van der Waals surface area (Å²) in [7, 11) is 0. The lowest BCUT2D eigenvalue weighted by Gasteiger charge is -1.96. The quantitative estimate of drug-likeness (QED) is 0.772. The summed E-state index contributed by atoms with van der Waals surface area (Å²) in [5.74, 6) is -0.324. The second kappa shape index (κ2) is 3.42. The molecular formula is C9H10N2O2S. The summed E-state index contributed by atoms with van der Waals surface area (Å²) in [5, 5.41) is 0.988. The van der Waals surface area contributed by atoms with Crippen LogP contribution < -0.4 is 0 Å². The van der Waals surface area contributed by atoms with E-state index >= 15 is 0 Å². The first-order chi connectivity index (χ1) is 6.70. The minimum atomic E-state index is -0.324. The van der Waals surface area contributed by atoms with E-state index in [4.69, 9.17) is 4.74 Å². The normalized spacial score (nSPS) is 10.7. The average molecular weight is 210 g/mol. The summed E-state index contributed by atoms with van der Waals surface area (Å²) < 4.78 is 5.86. The number of aromatic nitrogens is 2. The van der Waals surface area contributed by atoms with Gasteiger partial charge in [-0.25, -0.2) is 9.78 Å². The van der Waals surface area contributed by atoms with E-state index in [2.05, 4.69) is 9.97 Å². The van der Waals surface area contributed by atoms with Crippen molar-refractivity contribution in [2.75, 3.05) is 6.61 Å². The maximum atomic E-state index is 11.3. The van der Waals surface area contributed by atoms with E-state index in [9.17, 15) is 4.79 Å². The van der Waals surface area contributed by atoms with Crippen molar-refractivity contribution < 1.29 is 9.53 Å². The first-order valence-electron chi connectivity index (χ1n) is 4.34. The standard InChI is InChI=1S/C9H10N2O2S/c1-3-13-9(12)6-4-7-8(11-6)10-5(2)14-7/h4,11H,3H2,1-2H3. The van der Waals surface area contributed by atoms with Gasteiger partial charge < -0.3 is 9.72 Å². The Labute approximate surface area is 84.9 Å². The van der Waals surface area contributed by atoms with Gasteiger partial charge in [0.25, 0.3) is 0 Å². The van der Waals surface area contributed by atoms with Crippen LogP contribution in [-0.4, -0.2) is 22.5 Å². The number of H-pyrrole nitrogens is 1. The summed E-state index contributed by atoms with van der Waals surface area (Å²) in [6.45, 7) is 4.10. The van der Waals surface area contributed by atoms with Gasteiger partial charge in [0.1, 0.15) is 11.3 Å². The summed E-state index contributed by atoms with van der Waals surface area (Å²) in [4.78, 5) is 18.5. The molecule has 2 aromatic rings. The SMILES string of the molecule is CCOC(=O)c1cc2sc(C)nc2[nH]1. The lowest BCUT2D eigenvalue weighted by atomic mass is 10.4. The maximum absolute atomic E-state index is 11.3. The Morgan fingerprint density at radius 1 is 1.71 bits per heavy atom. The second-order valence-corrected chi connectivity index (χ2v) is 4.08. The Bertz CT molecular complexity index is 441. The average Bonchev–Trinajstić information content (AvgIpc) is 2.61. The van der Waals surface area contributed by atoms with E-state index in [0.717, 1.165) is 15.4 Å². The maximum Gasteiger partial charge on any atom is 0.354 e. The summed E-state index contributed by atoms with van der Waals surface area (Å²) >= 11 is 1.56. The van der Waals surface area contributed by atoms with Gasteiger partial charge in [-0.05, 0) is 19.9 Å². The van der Waals surface area contributed by atoms with Crippen molar-refractivity contribution in [3.05, 3.63) is 16.8 Å². The molecule has 0 aliphatic rings. The molecule has 0 aliphatic heterocycles. The van der Waals surface area contributed by atoms with Gasteiger partial charge in [0.05, 0.1) is 16.3 Å². The van der Waals surface area contributed by atoms with Gasteiger partial charge in [-0.3, -0.25) is 0 Å². The number of aryl methyl sites for hydroxylation is 1. The fourth-order valence-corrected chi connectivity index (χ4v) is 2.07. The van der Waals surface area contributed by atoms with Gasteiger partial charge in [0.15, 0.2) is 0 Å². The first kappa shape index (κ1) is 9.21. The number of hydrogen-bond donors (Lipinski definition) is 1. The first-order valence-corrected chi connectivity index (χ1v) is 5.15. The summed E-state index contributed by atoms with van der Waals surface area (Å²) in [6, 6.07) is 1.78. The number of nitrogens with zero attached hydrogens (tertiary/aromatic N) is 1. The molecule has 0 bridgehead atoms. The molecule has 2 rings (SSSR count). The highest BCUT2D eigenvalue weighted by Crippen LogP contribution is 2.22. The van der Waals surface area contributed by atoms with Crippen LogP contribution in [0, 0.1) is 6.92 Å². The molecule has 4 nitrogen and oxygen atoms in total. The van der Waals surface area contributed by atoms with Crippen molar-refractivity contribution in [3.63, 3.8) is 0 Å². The number of rotatable bonds is 2. The lowest BCUT2D eigenvalue weighted by molar-refractivity contribution is 0.0520. The van der Waals surface area contributed by atoms with Crippen LogP contribution in [0.3, 0.4) is 0 Å². The predicted molar refractivity (Wildman–Crippen MR) is 54.7 cm³/mol. The van der Waals surface area contributed by atoms with Crippen LogP contribution in [0.15, 0.2) is 6.07 Å². The Balaban J connectivity index is 2.36. The highest BCUT2D eigenvalue weighted by molar-refractivity contribution is 7.18. The van der Waals surface area contributed by atoms with Crippen molar-refractivity contribution in [1.29, 1.82) is 0 Å². The number of esters is 1. The largest absolute Gasteiger partial charge is 0.461 e. The molecule has 0 spiro atoms. The van der Waals surface area contributed by atoms with Gasteiger partial charge in [0.2, 0.25) is 0 Å². The minimum absolute atomic E-state index is 0.324. The van der Waals surface area contributed by atoms with Crippen LogP contribution >= 0.6 is 11.3 Å². The predicted octanol–water partition coefficient (Wildman–Crippen LogP) is 2.11. The Hall–Kier alpha value is -1.36. The topological polar surface area (TPSA) is 55.0 Å². The zero-order valence-electron chi connectivity index (χ0n) is 7.96.